The van der Waals surface area contributed by atoms with Gasteiger partial charge in [0.2, 0.25) is 11.7 Å². The Morgan fingerprint density at radius 3 is 2.90 bits per heavy atom. The molecule has 1 aromatic heterocycles. The lowest BCUT2D eigenvalue weighted by atomic mass is 10.0. The highest BCUT2D eigenvalue weighted by Gasteiger charge is 2.29. The van der Waals surface area contributed by atoms with E-state index in [9.17, 15) is 0 Å². The average molecular weight is 296 g/mol. The van der Waals surface area contributed by atoms with Crippen molar-refractivity contribution in [3.63, 3.8) is 0 Å². The van der Waals surface area contributed by atoms with E-state index in [0.29, 0.717) is 23.3 Å². The zero-order valence-corrected chi connectivity index (χ0v) is 12.6. The van der Waals surface area contributed by atoms with E-state index < -0.39 is 5.60 Å². The fourth-order valence-corrected chi connectivity index (χ4v) is 1.90. The quantitative estimate of drug-likeness (QED) is 0.882. The number of halogens is 1. The molecule has 0 aliphatic heterocycles. The molecule has 2 aromatic rings. The van der Waals surface area contributed by atoms with E-state index in [0.717, 1.165) is 12.1 Å². The first-order valence-corrected chi connectivity index (χ1v) is 6.83. The first-order chi connectivity index (χ1) is 9.57. The van der Waals surface area contributed by atoms with Crippen molar-refractivity contribution in [2.24, 2.45) is 0 Å². The molecular formula is C14H18ClN3O2. The predicted octanol–water partition coefficient (Wildman–Crippen LogP) is 3.61. The van der Waals surface area contributed by atoms with Crippen LogP contribution in [0.1, 0.15) is 32.0 Å². The van der Waals surface area contributed by atoms with Crippen LogP contribution in [0, 0.1) is 0 Å². The first-order valence-electron chi connectivity index (χ1n) is 6.45. The zero-order valence-electron chi connectivity index (χ0n) is 11.8. The number of hydrogen-bond acceptors (Lipinski definition) is 5. The number of hydrogen-bond donors (Lipinski definition) is 1. The summed E-state index contributed by atoms with van der Waals surface area (Å²) >= 11 is 5.92. The van der Waals surface area contributed by atoms with Gasteiger partial charge < -0.3 is 14.6 Å². The van der Waals surface area contributed by atoms with Gasteiger partial charge in [-0.1, -0.05) is 29.7 Å². The van der Waals surface area contributed by atoms with Crippen LogP contribution in [0.5, 0.6) is 0 Å². The van der Waals surface area contributed by atoms with Gasteiger partial charge in [0.25, 0.3) is 0 Å². The van der Waals surface area contributed by atoms with E-state index in [1.54, 1.807) is 7.11 Å². The minimum Gasteiger partial charge on any atom is -0.376 e. The smallest absolute Gasteiger partial charge is 0.246 e. The molecule has 2 rings (SSSR count). The second kappa shape index (κ2) is 6.24. The van der Waals surface area contributed by atoms with Gasteiger partial charge in [-0.25, -0.2) is 0 Å². The third-order valence-corrected chi connectivity index (χ3v) is 3.57. The molecule has 6 heteroatoms. The molecule has 0 saturated heterocycles. The molecule has 0 fully saturated rings. The van der Waals surface area contributed by atoms with Crippen LogP contribution >= 0.6 is 11.6 Å². The predicted molar refractivity (Wildman–Crippen MR) is 77.7 cm³/mol. The van der Waals surface area contributed by atoms with Gasteiger partial charge in [0.15, 0.2) is 0 Å². The fraction of sp³-hybridized carbons (Fsp3) is 0.429. The second-order valence-electron chi connectivity index (χ2n) is 4.66. The number of nitrogens with one attached hydrogen (secondary N) is 1. The van der Waals surface area contributed by atoms with E-state index in [2.05, 4.69) is 15.5 Å². The number of anilines is 1. The molecule has 1 atom stereocenters. The summed E-state index contributed by atoms with van der Waals surface area (Å²) < 4.78 is 10.7. The van der Waals surface area contributed by atoms with Crippen LogP contribution in [0.4, 0.5) is 5.69 Å². The number of aromatic nitrogens is 2. The number of ether oxygens (including phenoxy) is 1. The first kappa shape index (κ1) is 14.8. The molecule has 0 aliphatic carbocycles. The van der Waals surface area contributed by atoms with Crippen molar-refractivity contribution in [2.45, 2.75) is 32.4 Å². The third kappa shape index (κ3) is 3.29. The van der Waals surface area contributed by atoms with Crippen LogP contribution in [0.25, 0.3) is 0 Å². The zero-order chi connectivity index (χ0) is 14.6. The van der Waals surface area contributed by atoms with Crippen LogP contribution in [0.3, 0.4) is 0 Å². The Kier molecular flexibility index (Phi) is 4.62. The second-order valence-corrected chi connectivity index (χ2v) is 5.10. The Hall–Kier alpha value is -1.59. The maximum absolute atomic E-state index is 5.92. The van der Waals surface area contributed by atoms with Crippen molar-refractivity contribution >= 4 is 17.3 Å². The van der Waals surface area contributed by atoms with Gasteiger partial charge in [0.1, 0.15) is 5.60 Å². The summed E-state index contributed by atoms with van der Waals surface area (Å²) in [5, 5.41) is 7.84. The Bertz CT molecular complexity index is 567. The van der Waals surface area contributed by atoms with E-state index in [-0.39, 0.29) is 0 Å². The molecule has 0 radical (unpaired) electrons. The molecule has 0 aliphatic rings. The van der Waals surface area contributed by atoms with Gasteiger partial charge >= 0.3 is 0 Å². The maximum Gasteiger partial charge on any atom is 0.246 e. The summed E-state index contributed by atoms with van der Waals surface area (Å²) in [6.07, 6.45) is 0.768. The van der Waals surface area contributed by atoms with Gasteiger partial charge in [-0.05, 0) is 31.5 Å². The normalized spacial score (nSPS) is 14.0. The van der Waals surface area contributed by atoms with Crippen molar-refractivity contribution in [3.8, 4) is 0 Å². The molecule has 108 valence electrons. The SMILES string of the molecule is CCC(C)(OC)c1noc(CNc2cccc(Cl)c2)n1. The highest BCUT2D eigenvalue weighted by atomic mass is 35.5. The van der Waals surface area contributed by atoms with Gasteiger partial charge in [0, 0.05) is 17.8 Å². The van der Waals surface area contributed by atoms with Gasteiger partial charge in [-0.3, -0.25) is 0 Å². The number of nitrogens with zero attached hydrogens (tertiary/aromatic N) is 2. The molecule has 0 amide bonds. The average Bonchev–Trinajstić information content (AvgIpc) is 2.94. The molecular weight excluding hydrogens is 278 g/mol. The van der Waals surface area contributed by atoms with Crippen molar-refractivity contribution in [1.29, 1.82) is 0 Å². The van der Waals surface area contributed by atoms with E-state index in [1.165, 1.54) is 0 Å². The van der Waals surface area contributed by atoms with Crippen LogP contribution in [0.15, 0.2) is 28.8 Å². The minimum absolute atomic E-state index is 0.441. The molecule has 1 unspecified atom stereocenters. The van der Waals surface area contributed by atoms with Crippen molar-refractivity contribution in [2.75, 3.05) is 12.4 Å². The lowest BCUT2D eigenvalue weighted by molar-refractivity contribution is -0.0106. The van der Waals surface area contributed by atoms with E-state index >= 15 is 0 Å². The van der Waals surface area contributed by atoms with Gasteiger partial charge in [-0.2, -0.15) is 4.98 Å². The summed E-state index contributed by atoms with van der Waals surface area (Å²) in [7, 11) is 1.64. The summed E-state index contributed by atoms with van der Waals surface area (Å²) in [6, 6.07) is 7.46. The van der Waals surface area contributed by atoms with E-state index in [4.69, 9.17) is 20.9 Å². The lowest BCUT2D eigenvalue weighted by Crippen LogP contribution is -2.24. The van der Waals surface area contributed by atoms with E-state index in [1.807, 2.05) is 38.1 Å². The highest BCUT2D eigenvalue weighted by Crippen LogP contribution is 2.25. The maximum atomic E-state index is 5.92. The monoisotopic (exact) mass is 295 g/mol. The Morgan fingerprint density at radius 2 is 2.25 bits per heavy atom. The largest absolute Gasteiger partial charge is 0.376 e. The molecule has 20 heavy (non-hydrogen) atoms. The molecule has 1 aromatic carbocycles. The molecule has 1 heterocycles. The molecule has 0 spiro atoms. The number of benzene rings is 1. The molecule has 0 bridgehead atoms. The van der Waals surface area contributed by atoms with Crippen molar-refractivity contribution in [1.82, 2.24) is 10.1 Å². The summed E-state index contributed by atoms with van der Waals surface area (Å²) in [6.45, 7) is 4.40. The number of rotatable bonds is 6. The minimum atomic E-state index is -0.516. The van der Waals surface area contributed by atoms with Crippen LogP contribution in [0.2, 0.25) is 5.02 Å². The van der Waals surface area contributed by atoms with Crippen molar-refractivity contribution in [3.05, 3.63) is 41.0 Å². The molecule has 5 nitrogen and oxygen atoms in total. The topological polar surface area (TPSA) is 60.2 Å². The molecule has 0 saturated carbocycles. The highest BCUT2D eigenvalue weighted by molar-refractivity contribution is 6.30. The fourth-order valence-electron chi connectivity index (χ4n) is 1.71. The summed E-state index contributed by atoms with van der Waals surface area (Å²) in [5.74, 6) is 1.07. The van der Waals surface area contributed by atoms with Crippen LogP contribution < -0.4 is 5.32 Å². The molecule has 1 N–H and O–H groups in total. The Balaban J connectivity index is 2.03. The number of methoxy groups -OCH3 is 1. The standard InChI is InChI=1S/C14H18ClN3O2/c1-4-14(2,19-3)13-17-12(20-18-13)9-16-11-7-5-6-10(15)8-11/h5-8,16H,4,9H2,1-3H3. The van der Waals surface area contributed by atoms with Crippen LogP contribution in [-0.2, 0) is 16.9 Å². The van der Waals surface area contributed by atoms with Crippen molar-refractivity contribution < 1.29 is 9.26 Å². The Morgan fingerprint density at radius 1 is 1.45 bits per heavy atom. The van der Waals surface area contributed by atoms with Gasteiger partial charge in [-0.15, -0.1) is 0 Å². The Labute approximate surface area is 123 Å². The summed E-state index contributed by atoms with van der Waals surface area (Å²) in [4.78, 5) is 4.36. The lowest BCUT2D eigenvalue weighted by Gasteiger charge is -2.21. The van der Waals surface area contributed by atoms with Crippen LogP contribution in [-0.4, -0.2) is 17.3 Å². The van der Waals surface area contributed by atoms with Gasteiger partial charge in [0.05, 0.1) is 6.54 Å². The third-order valence-electron chi connectivity index (χ3n) is 3.33. The summed E-state index contributed by atoms with van der Waals surface area (Å²) in [5.41, 5.74) is 0.389.